The van der Waals surface area contributed by atoms with E-state index in [4.69, 9.17) is 33.2 Å². The van der Waals surface area contributed by atoms with Gasteiger partial charge >= 0.3 is 5.97 Å². The van der Waals surface area contributed by atoms with Crippen molar-refractivity contribution in [1.29, 1.82) is 5.26 Å². The minimum atomic E-state index is -0.601. The van der Waals surface area contributed by atoms with Crippen LogP contribution in [0.2, 0.25) is 10.0 Å². The van der Waals surface area contributed by atoms with Gasteiger partial charge in [-0.2, -0.15) is 5.26 Å². The summed E-state index contributed by atoms with van der Waals surface area (Å²) in [6, 6.07) is 15.0. The summed E-state index contributed by atoms with van der Waals surface area (Å²) in [6.07, 6.45) is 4.87. The number of carbonyl (C=O) groups is 1. The SMILES string of the molecule is CC(C)(C)OC(=O)CN(Sc1cc(Cl)cc(Cl)c1)c1ccc2c(ccn2-c2cnc(C#N)cn2)c1. The maximum atomic E-state index is 12.7. The summed E-state index contributed by atoms with van der Waals surface area (Å²) in [6.45, 7) is 5.51. The van der Waals surface area contributed by atoms with Crippen molar-refractivity contribution in [2.45, 2.75) is 31.3 Å². The molecule has 2 aromatic carbocycles. The van der Waals surface area contributed by atoms with Crippen LogP contribution in [-0.4, -0.2) is 32.7 Å². The van der Waals surface area contributed by atoms with Gasteiger partial charge in [0.15, 0.2) is 11.5 Å². The predicted octanol–water partition coefficient (Wildman–Crippen LogP) is 6.45. The molecule has 4 aromatic rings. The highest BCUT2D eigenvalue weighted by Gasteiger charge is 2.21. The van der Waals surface area contributed by atoms with Crippen LogP contribution in [-0.2, 0) is 9.53 Å². The molecule has 7 nitrogen and oxygen atoms in total. The van der Waals surface area contributed by atoms with E-state index in [1.807, 2.05) is 66.2 Å². The van der Waals surface area contributed by atoms with Crippen molar-refractivity contribution in [3.63, 3.8) is 0 Å². The molecule has 4 rings (SSSR count). The standard InChI is InChI=1S/C25H21Cl2N5O2S/c1-25(2,3)34-24(33)15-32(35-21-10-17(26)9-18(27)11-21)20-4-5-22-16(8-20)6-7-31(22)23-14-29-19(12-28)13-30-23/h4-11,13-14H,15H2,1-3H3. The Labute approximate surface area is 217 Å². The molecule has 0 aliphatic carbocycles. The molecule has 0 spiro atoms. The van der Waals surface area contributed by atoms with Gasteiger partial charge in [-0.15, -0.1) is 0 Å². The summed E-state index contributed by atoms with van der Waals surface area (Å²) >= 11 is 13.7. The van der Waals surface area contributed by atoms with E-state index in [-0.39, 0.29) is 18.2 Å². The number of rotatable bonds is 6. The van der Waals surface area contributed by atoms with Crippen LogP contribution in [0.15, 0.2) is 66.0 Å². The molecule has 0 bridgehead atoms. The van der Waals surface area contributed by atoms with Gasteiger partial charge in [0, 0.05) is 32.2 Å². The molecule has 35 heavy (non-hydrogen) atoms. The molecule has 0 atom stereocenters. The van der Waals surface area contributed by atoms with Gasteiger partial charge in [0.2, 0.25) is 0 Å². The van der Waals surface area contributed by atoms with Crippen LogP contribution in [0.4, 0.5) is 5.69 Å². The van der Waals surface area contributed by atoms with Gasteiger partial charge in [-0.3, -0.25) is 9.36 Å². The number of nitrogens with zero attached hydrogens (tertiary/aromatic N) is 5. The molecule has 0 fully saturated rings. The van der Waals surface area contributed by atoms with Gasteiger partial charge in [0.1, 0.15) is 18.2 Å². The number of anilines is 1. The van der Waals surface area contributed by atoms with E-state index in [0.29, 0.717) is 15.9 Å². The normalized spacial score (nSPS) is 11.3. The third kappa shape index (κ3) is 6.25. The quantitative estimate of drug-likeness (QED) is 0.211. The molecule has 2 aromatic heterocycles. The maximum absolute atomic E-state index is 12.7. The number of nitriles is 1. The van der Waals surface area contributed by atoms with Crippen molar-refractivity contribution in [3.05, 3.63) is 76.8 Å². The number of hydrogen-bond donors (Lipinski definition) is 0. The number of aromatic nitrogens is 3. The van der Waals surface area contributed by atoms with Crippen LogP contribution in [0.3, 0.4) is 0 Å². The van der Waals surface area contributed by atoms with Crippen LogP contribution in [0, 0.1) is 11.3 Å². The summed E-state index contributed by atoms with van der Waals surface area (Å²) in [5.41, 5.74) is 1.35. The van der Waals surface area contributed by atoms with Crippen molar-refractivity contribution >= 4 is 57.7 Å². The topological polar surface area (TPSA) is 84.0 Å². The number of halogens is 2. The first-order valence-electron chi connectivity index (χ1n) is 10.6. The molecular formula is C25H21Cl2N5O2S. The Morgan fingerprint density at radius 3 is 2.49 bits per heavy atom. The largest absolute Gasteiger partial charge is 0.459 e. The highest BCUT2D eigenvalue weighted by atomic mass is 35.5. The fourth-order valence-corrected chi connectivity index (χ4v) is 5.02. The number of hydrogen-bond acceptors (Lipinski definition) is 7. The van der Waals surface area contributed by atoms with Crippen LogP contribution >= 0.6 is 35.1 Å². The molecule has 0 aliphatic heterocycles. The van der Waals surface area contributed by atoms with Crippen molar-refractivity contribution in [1.82, 2.24) is 14.5 Å². The van der Waals surface area contributed by atoms with E-state index in [9.17, 15) is 4.79 Å². The maximum Gasteiger partial charge on any atom is 0.327 e. The van der Waals surface area contributed by atoms with Crippen LogP contribution in [0.5, 0.6) is 0 Å². The fourth-order valence-electron chi connectivity index (χ4n) is 3.36. The first kappa shape index (κ1) is 24.9. The van der Waals surface area contributed by atoms with E-state index >= 15 is 0 Å². The molecule has 0 amide bonds. The number of ether oxygens (including phenoxy) is 1. The van der Waals surface area contributed by atoms with Crippen LogP contribution in [0.1, 0.15) is 26.5 Å². The number of esters is 1. The summed E-state index contributed by atoms with van der Waals surface area (Å²) in [5, 5.41) is 10.9. The number of carbonyl (C=O) groups excluding carboxylic acids is 1. The summed E-state index contributed by atoms with van der Waals surface area (Å²) in [7, 11) is 0. The second-order valence-corrected chi connectivity index (χ2v) is 10.6. The highest BCUT2D eigenvalue weighted by Crippen LogP contribution is 2.34. The zero-order chi connectivity index (χ0) is 25.2. The van der Waals surface area contributed by atoms with Crippen molar-refractivity contribution in [2.75, 3.05) is 10.8 Å². The van der Waals surface area contributed by atoms with E-state index in [2.05, 4.69) is 9.97 Å². The minimum absolute atomic E-state index is 0.0133. The van der Waals surface area contributed by atoms with E-state index < -0.39 is 5.60 Å². The molecule has 0 aliphatic rings. The first-order chi connectivity index (χ1) is 16.6. The van der Waals surface area contributed by atoms with E-state index in [1.54, 1.807) is 24.4 Å². The molecule has 0 radical (unpaired) electrons. The molecule has 178 valence electrons. The third-order valence-electron chi connectivity index (χ3n) is 4.71. The Morgan fingerprint density at radius 2 is 1.86 bits per heavy atom. The second kappa shape index (κ2) is 10.2. The fraction of sp³-hybridized carbons (Fsp3) is 0.200. The average Bonchev–Trinajstić information content (AvgIpc) is 3.20. The van der Waals surface area contributed by atoms with Crippen molar-refractivity contribution < 1.29 is 9.53 Å². The lowest BCUT2D eigenvalue weighted by molar-refractivity contribution is -0.152. The van der Waals surface area contributed by atoms with Gasteiger partial charge in [0.05, 0.1) is 17.9 Å². The van der Waals surface area contributed by atoms with Gasteiger partial charge in [-0.1, -0.05) is 23.2 Å². The average molecular weight is 526 g/mol. The first-order valence-corrected chi connectivity index (χ1v) is 12.1. The van der Waals surface area contributed by atoms with E-state index in [0.717, 1.165) is 21.5 Å². The minimum Gasteiger partial charge on any atom is -0.459 e. The molecule has 0 N–H and O–H groups in total. The van der Waals surface area contributed by atoms with Gasteiger partial charge in [-0.05, 0) is 75.2 Å². The molecule has 0 saturated carbocycles. The van der Waals surface area contributed by atoms with Gasteiger partial charge in [-0.25, -0.2) is 9.97 Å². The number of benzene rings is 2. The monoisotopic (exact) mass is 525 g/mol. The molecule has 0 saturated heterocycles. The Balaban J connectivity index is 1.68. The lowest BCUT2D eigenvalue weighted by atomic mass is 10.2. The van der Waals surface area contributed by atoms with E-state index in [1.165, 1.54) is 18.1 Å². The zero-order valence-corrected chi connectivity index (χ0v) is 21.5. The molecule has 2 heterocycles. The summed E-state index contributed by atoms with van der Waals surface area (Å²) in [5.74, 6) is 0.240. The third-order valence-corrected chi connectivity index (χ3v) is 6.15. The smallest absolute Gasteiger partial charge is 0.327 e. The molecule has 0 unspecified atom stereocenters. The second-order valence-electron chi connectivity index (χ2n) is 8.62. The number of fused-ring (bicyclic) bond motifs is 1. The summed E-state index contributed by atoms with van der Waals surface area (Å²) in [4.78, 5) is 21.9. The van der Waals surface area contributed by atoms with Crippen molar-refractivity contribution in [2.24, 2.45) is 0 Å². The van der Waals surface area contributed by atoms with Gasteiger partial charge < -0.3 is 9.04 Å². The van der Waals surface area contributed by atoms with Crippen molar-refractivity contribution in [3.8, 4) is 11.9 Å². The Kier molecular flexibility index (Phi) is 7.22. The zero-order valence-electron chi connectivity index (χ0n) is 19.2. The van der Waals surface area contributed by atoms with Crippen LogP contribution < -0.4 is 4.31 Å². The lowest BCUT2D eigenvalue weighted by Gasteiger charge is -2.26. The molecule has 10 heteroatoms. The van der Waals surface area contributed by atoms with Crippen LogP contribution in [0.25, 0.3) is 16.7 Å². The van der Waals surface area contributed by atoms with Gasteiger partial charge in [0.25, 0.3) is 0 Å². The predicted molar refractivity (Wildman–Crippen MR) is 139 cm³/mol. The summed E-state index contributed by atoms with van der Waals surface area (Å²) < 4.78 is 9.28. The molecular weight excluding hydrogens is 505 g/mol. The Morgan fingerprint density at radius 1 is 1.11 bits per heavy atom. The Bertz CT molecular complexity index is 1400. The lowest BCUT2D eigenvalue weighted by Crippen LogP contribution is -2.31. The Hall–Kier alpha value is -3.25. The highest BCUT2D eigenvalue weighted by molar-refractivity contribution is 8.00.